The van der Waals surface area contributed by atoms with Crippen molar-refractivity contribution in [3.8, 4) is 5.75 Å². The SMILES string of the molecule is COc1cccc(NC(=O)C2CCN(c3ccc(Br)cc3C)C2=O)c1. The number of nitrogens with one attached hydrogen (secondary N) is 1. The van der Waals surface area contributed by atoms with Crippen LogP contribution in [-0.4, -0.2) is 25.5 Å². The van der Waals surface area contributed by atoms with Crippen LogP contribution >= 0.6 is 15.9 Å². The molecule has 1 N–H and O–H groups in total. The zero-order chi connectivity index (χ0) is 18.0. The number of aryl methyl sites for hydroxylation is 1. The standard InChI is InChI=1S/C19H19BrN2O3/c1-12-10-13(20)6-7-17(12)22-9-8-16(19(22)24)18(23)21-14-4-3-5-15(11-14)25-2/h3-7,10-11,16H,8-9H2,1-2H3,(H,21,23). The van der Waals surface area contributed by atoms with Gasteiger partial charge in [-0.1, -0.05) is 22.0 Å². The quantitative estimate of drug-likeness (QED) is 0.791. The van der Waals surface area contributed by atoms with Gasteiger partial charge in [-0.05, 0) is 49.2 Å². The molecule has 1 saturated heterocycles. The summed E-state index contributed by atoms with van der Waals surface area (Å²) < 4.78 is 6.12. The first-order chi connectivity index (χ1) is 12.0. The Bertz CT molecular complexity index is 822. The van der Waals surface area contributed by atoms with Crippen LogP contribution in [0, 0.1) is 12.8 Å². The molecule has 3 rings (SSSR count). The van der Waals surface area contributed by atoms with Gasteiger partial charge in [0.1, 0.15) is 11.7 Å². The molecular formula is C19H19BrN2O3. The van der Waals surface area contributed by atoms with E-state index in [9.17, 15) is 9.59 Å². The first-order valence-corrected chi connectivity index (χ1v) is 8.81. The lowest BCUT2D eigenvalue weighted by Crippen LogP contribution is -2.33. The number of nitrogens with zero attached hydrogens (tertiary/aromatic N) is 1. The minimum absolute atomic E-state index is 0.161. The average Bonchev–Trinajstić information content (AvgIpc) is 2.96. The lowest BCUT2D eigenvalue weighted by molar-refractivity contribution is -0.129. The van der Waals surface area contributed by atoms with Gasteiger partial charge in [0.15, 0.2) is 0 Å². The summed E-state index contributed by atoms with van der Waals surface area (Å²) in [5, 5.41) is 2.81. The molecule has 0 radical (unpaired) electrons. The van der Waals surface area contributed by atoms with Crippen LogP contribution in [0.3, 0.4) is 0 Å². The number of hydrogen-bond donors (Lipinski definition) is 1. The highest BCUT2D eigenvalue weighted by Crippen LogP contribution is 2.30. The second kappa shape index (κ2) is 7.27. The third kappa shape index (κ3) is 3.69. The molecule has 1 fully saturated rings. The predicted octanol–water partition coefficient (Wildman–Crippen LogP) is 3.76. The molecule has 130 valence electrons. The molecule has 0 bridgehead atoms. The van der Waals surface area contributed by atoms with E-state index < -0.39 is 5.92 Å². The van der Waals surface area contributed by atoms with Crippen LogP contribution in [0.5, 0.6) is 5.75 Å². The van der Waals surface area contributed by atoms with Gasteiger partial charge < -0.3 is 15.0 Å². The van der Waals surface area contributed by atoms with E-state index in [0.717, 1.165) is 15.7 Å². The van der Waals surface area contributed by atoms with Crippen molar-refractivity contribution in [3.05, 3.63) is 52.5 Å². The van der Waals surface area contributed by atoms with E-state index in [0.29, 0.717) is 24.4 Å². The molecule has 1 aliphatic rings. The topological polar surface area (TPSA) is 58.6 Å². The molecule has 2 aromatic rings. The molecule has 1 aliphatic heterocycles. The molecule has 1 atom stereocenters. The van der Waals surface area contributed by atoms with Gasteiger partial charge in [0.05, 0.1) is 7.11 Å². The molecule has 1 heterocycles. The number of amides is 2. The Morgan fingerprint density at radius 2 is 2.08 bits per heavy atom. The zero-order valence-corrected chi connectivity index (χ0v) is 15.7. The fourth-order valence-corrected chi connectivity index (χ4v) is 3.49. The second-order valence-electron chi connectivity index (χ2n) is 5.98. The summed E-state index contributed by atoms with van der Waals surface area (Å²) in [7, 11) is 1.57. The number of carbonyl (C=O) groups is 2. The number of benzene rings is 2. The predicted molar refractivity (Wildman–Crippen MR) is 101 cm³/mol. The third-order valence-corrected chi connectivity index (χ3v) is 4.80. The summed E-state index contributed by atoms with van der Waals surface area (Å²) >= 11 is 3.43. The first-order valence-electron chi connectivity index (χ1n) is 8.02. The van der Waals surface area contributed by atoms with E-state index in [1.165, 1.54) is 0 Å². The highest BCUT2D eigenvalue weighted by Gasteiger charge is 2.38. The van der Waals surface area contributed by atoms with Crippen LogP contribution < -0.4 is 15.0 Å². The fraction of sp³-hybridized carbons (Fsp3) is 0.263. The first kappa shape index (κ1) is 17.5. The van der Waals surface area contributed by atoms with Gasteiger partial charge in [-0.3, -0.25) is 9.59 Å². The van der Waals surface area contributed by atoms with Gasteiger partial charge in [-0.2, -0.15) is 0 Å². The Morgan fingerprint density at radius 3 is 2.80 bits per heavy atom. The van der Waals surface area contributed by atoms with Crippen molar-refractivity contribution < 1.29 is 14.3 Å². The largest absolute Gasteiger partial charge is 0.497 e. The van der Waals surface area contributed by atoms with Gasteiger partial charge in [-0.25, -0.2) is 0 Å². The average molecular weight is 403 g/mol. The highest BCUT2D eigenvalue weighted by molar-refractivity contribution is 9.10. The van der Waals surface area contributed by atoms with Crippen LogP contribution in [0.2, 0.25) is 0 Å². The number of anilines is 2. The lowest BCUT2D eigenvalue weighted by atomic mass is 10.1. The maximum absolute atomic E-state index is 12.7. The maximum atomic E-state index is 12.7. The van der Waals surface area contributed by atoms with Crippen LogP contribution in [0.4, 0.5) is 11.4 Å². The van der Waals surface area contributed by atoms with Crippen molar-refractivity contribution in [1.82, 2.24) is 0 Å². The van der Waals surface area contributed by atoms with E-state index in [1.807, 2.05) is 25.1 Å². The molecule has 0 aliphatic carbocycles. The van der Waals surface area contributed by atoms with Crippen molar-refractivity contribution in [2.45, 2.75) is 13.3 Å². The minimum Gasteiger partial charge on any atom is -0.497 e. The monoisotopic (exact) mass is 402 g/mol. The summed E-state index contributed by atoms with van der Waals surface area (Å²) in [6.07, 6.45) is 0.504. The number of hydrogen-bond acceptors (Lipinski definition) is 3. The summed E-state index contributed by atoms with van der Waals surface area (Å²) in [6, 6.07) is 12.9. The molecule has 0 aromatic heterocycles. The van der Waals surface area contributed by atoms with E-state index in [2.05, 4.69) is 21.2 Å². The van der Waals surface area contributed by atoms with Crippen LogP contribution in [0.1, 0.15) is 12.0 Å². The lowest BCUT2D eigenvalue weighted by Gasteiger charge is -2.19. The number of rotatable bonds is 4. The van der Waals surface area contributed by atoms with E-state index in [4.69, 9.17) is 4.74 Å². The molecule has 6 heteroatoms. The minimum atomic E-state index is -0.672. The van der Waals surface area contributed by atoms with E-state index in [-0.39, 0.29) is 11.8 Å². The zero-order valence-electron chi connectivity index (χ0n) is 14.1. The summed E-state index contributed by atoms with van der Waals surface area (Å²) in [5.74, 6) is -0.460. The maximum Gasteiger partial charge on any atom is 0.239 e. The smallest absolute Gasteiger partial charge is 0.239 e. The number of methoxy groups -OCH3 is 1. The molecule has 0 spiro atoms. The Morgan fingerprint density at radius 1 is 1.28 bits per heavy atom. The van der Waals surface area contributed by atoms with Crippen molar-refractivity contribution in [1.29, 1.82) is 0 Å². The molecule has 25 heavy (non-hydrogen) atoms. The molecular weight excluding hydrogens is 384 g/mol. The normalized spacial score (nSPS) is 16.8. The summed E-state index contributed by atoms with van der Waals surface area (Å²) in [4.78, 5) is 27.0. The number of carbonyl (C=O) groups excluding carboxylic acids is 2. The third-order valence-electron chi connectivity index (χ3n) is 4.31. The Hall–Kier alpha value is -2.34. The van der Waals surface area contributed by atoms with E-state index >= 15 is 0 Å². The Kier molecular flexibility index (Phi) is 5.08. The summed E-state index contributed by atoms with van der Waals surface area (Å²) in [6.45, 7) is 2.49. The number of ether oxygens (including phenoxy) is 1. The van der Waals surface area contributed by atoms with Gasteiger partial charge in [0.25, 0.3) is 0 Å². The second-order valence-corrected chi connectivity index (χ2v) is 6.90. The van der Waals surface area contributed by atoms with Crippen molar-refractivity contribution in [3.63, 3.8) is 0 Å². The van der Waals surface area contributed by atoms with Gasteiger partial charge in [0.2, 0.25) is 11.8 Å². The van der Waals surface area contributed by atoms with Gasteiger partial charge in [0, 0.05) is 28.5 Å². The Balaban J connectivity index is 1.73. The molecule has 0 saturated carbocycles. The highest BCUT2D eigenvalue weighted by atomic mass is 79.9. The molecule has 2 amide bonds. The van der Waals surface area contributed by atoms with Crippen molar-refractivity contribution in [2.75, 3.05) is 23.9 Å². The number of halogens is 1. The van der Waals surface area contributed by atoms with E-state index in [1.54, 1.807) is 36.3 Å². The van der Waals surface area contributed by atoms with Crippen LogP contribution in [0.25, 0.3) is 0 Å². The summed E-state index contributed by atoms with van der Waals surface area (Å²) in [5.41, 5.74) is 2.47. The molecule has 5 nitrogen and oxygen atoms in total. The van der Waals surface area contributed by atoms with Crippen molar-refractivity contribution in [2.24, 2.45) is 5.92 Å². The van der Waals surface area contributed by atoms with Crippen LogP contribution in [0.15, 0.2) is 46.9 Å². The van der Waals surface area contributed by atoms with Gasteiger partial charge >= 0.3 is 0 Å². The van der Waals surface area contributed by atoms with Gasteiger partial charge in [-0.15, -0.1) is 0 Å². The Labute approximate surface area is 155 Å². The van der Waals surface area contributed by atoms with Crippen molar-refractivity contribution >= 4 is 39.1 Å². The van der Waals surface area contributed by atoms with Crippen LogP contribution in [-0.2, 0) is 9.59 Å². The molecule has 2 aromatic carbocycles. The fourth-order valence-electron chi connectivity index (χ4n) is 3.01. The molecule has 1 unspecified atom stereocenters.